The van der Waals surface area contributed by atoms with E-state index >= 15 is 0 Å². The van der Waals surface area contributed by atoms with Crippen LogP contribution in [0.2, 0.25) is 0 Å². The molecule has 0 fully saturated rings. The second-order valence-corrected chi connectivity index (χ2v) is 12.9. The van der Waals surface area contributed by atoms with E-state index < -0.39 is 0 Å². The minimum absolute atomic E-state index is 1.15. The highest BCUT2D eigenvalue weighted by atomic mass is 15.0. The number of hydrogen-bond acceptors (Lipinski definition) is 0. The van der Waals surface area contributed by atoms with Gasteiger partial charge in [-0.3, -0.25) is 0 Å². The summed E-state index contributed by atoms with van der Waals surface area (Å²) < 4.78 is 4.88. The van der Waals surface area contributed by atoms with Gasteiger partial charge < -0.3 is 9.13 Å². The van der Waals surface area contributed by atoms with Crippen molar-refractivity contribution in [2.24, 2.45) is 0 Å². The van der Waals surface area contributed by atoms with Gasteiger partial charge in [0, 0.05) is 32.8 Å². The van der Waals surface area contributed by atoms with Crippen LogP contribution in [0, 0.1) is 0 Å². The first-order valence-corrected chi connectivity index (χ1v) is 17.2. The van der Waals surface area contributed by atoms with E-state index in [2.05, 4.69) is 203 Å². The largest absolute Gasteiger partial charge is 0.309 e. The van der Waals surface area contributed by atoms with E-state index in [-0.39, 0.29) is 0 Å². The van der Waals surface area contributed by atoms with Crippen LogP contribution in [0.15, 0.2) is 194 Å². The molecule has 0 aliphatic rings. The molecule has 0 saturated heterocycles. The first-order chi connectivity index (χ1) is 24.8. The fraction of sp³-hybridized carbons (Fsp3) is 0. The summed E-state index contributed by atoms with van der Waals surface area (Å²) in [7, 11) is 0. The summed E-state index contributed by atoms with van der Waals surface area (Å²) in [4.78, 5) is 0. The molecule has 0 N–H and O–H groups in total. The number of para-hydroxylation sites is 3. The first-order valence-electron chi connectivity index (χ1n) is 17.2. The quantitative estimate of drug-likeness (QED) is 0.178. The summed E-state index contributed by atoms with van der Waals surface area (Å²) in [5.41, 5.74) is 14.5. The summed E-state index contributed by atoms with van der Waals surface area (Å²) >= 11 is 0. The number of aromatic nitrogens is 2. The molecule has 0 aliphatic heterocycles. The lowest BCUT2D eigenvalue weighted by atomic mass is 10.0. The van der Waals surface area contributed by atoms with E-state index in [0.717, 1.165) is 5.69 Å². The molecule has 10 rings (SSSR count). The molecular formula is C48H32N2. The van der Waals surface area contributed by atoms with Gasteiger partial charge in [-0.1, -0.05) is 152 Å². The molecule has 0 amide bonds. The third-order valence-electron chi connectivity index (χ3n) is 10.2. The SMILES string of the molecule is c1ccc(-c2ccc(-c3ccc(-n4c5ccccc5c5c6c7ccccc7n(-c7ccccc7-c7ccccc7)c6ccc54)cc3)cc2)cc1. The highest BCUT2D eigenvalue weighted by molar-refractivity contribution is 6.29. The molecule has 0 aliphatic carbocycles. The molecule has 8 aromatic carbocycles. The summed E-state index contributed by atoms with van der Waals surface area (Å²) in [6, 6.07) is 70.2. The molecular weight excluding hydrogens is 605 g/mol. The molecule has 0 bridgehead atoms. The van der Waals surface area contributed by atoms with Crippen molar-refractivity contribution in [1.82, 2.24) is 9.13 Å². The Morgan fingerprint density at radius 3 is 1.28 bits per heavy atom. The molecule has 2 nitrogen and oxygen atoms in total. The Morgan fingerprint density at radius 2 is 0.680 bits per heavy atom. The monoisotopic (exact) mass is 636 g/mol. The normalized spacial score (nSPS) is 11.6. The van der Waals surface area contributed by atoms with Gasteiger partial charge in [-0.15, -0.1) is 0 Å². The van der Waals surface area contributed by atoms with Crippen molar-refractivity contribution in [2.45, 2.75) is 0 Å². The third-order valence-corrected chi connectivity index (χ3v) is 10.2. The average molecular weight is 637 g/mol. The van der Waals surface area contributed by atoms with Crippen molar-refractivity contribution < 1.29 is 0 Å². The van der Waals surface area contributed by atoms with Crippen LogP contribution in [0.25, 0.3) is 88.4 Å². The van der Waals surface area contributed by atoms with Gasteiger partial charge in [0.1, 0.15) is 0 Å². The molecule has 50 heavy (non-hydrogen) atoms. The molecule has 0 radical (unpaired) electrons. The van der Waals surface area contributed by atoms with Crippen molar-refractivity contribution in [2.75, 3.05) is 0 Å². The second kappa shape index (κ2) is 11.5. The van der Waals surface area contributed by atoms with Crippen molar-refractivity contribution in [3.05, 3.63) is 194 Å². The van der Waals surface area contributed by atoms with Crippen LogP contribution < -0.4 is 0 Å². The highest BCUT2D eigenvalue weighted by Crippen LogP contribution is 2.43. The van der Waals surface area contributed by atoms with Crippen LogP contribution in [0.4, 0.5) is 0 Å². The summed E-state index contributed by atoms with van der Waals surface area (Å²) in [5, 5.41) is 5.08. The van der Waals surface area contributed by atoms with Gasteiger partial charge in [-0.2, -0.15) is 0 Å². The minimum Gasteiger partial charge on any atom is -0.309 e. The maximum absolute atomic E-state index is 2.45. The maximum Gasteiger partial charge on any atom is 0.0549 e. The van der Waals surface area contributed by atoms with E-state index in [4.69, 9.17) is 0 Å². The average Bonchev–Trinajstić information content (AvgIpc) is 3.71. The zero-order chi connectivity index (χ0) is 33.0. The fourth-order valence-corrected chi connectivity index (χ4v) is 7.88. The predicted octanol–water partition coefficient (Wildman–Crippen LogP) is 12.9. The maximum atomic E-state index is 2.45. The lowest BCUT2D eigenvalue weighted by molar-refractivity contribution is 1.17. The van der Waals surface area contributed by atoms with Gasteiger partial charge >= 0.3 is 0 Å². The third kappa shape index (κ3) is 4.43. The smallest absolute Gasteiger partial charge is 0.0549 e. The molecule has 0 atom stereocenters. The zero-order valence-corrected chi connectivity index (χ0v) is 27.4. The van der Waals surface area contributed by atoms with E-state index in [1.807, 2.05) is 0 Å². The molecule has 234 valence electrons. The highest BCUT2D eigenvalue weighted by Gasteiger charge is 2.21. The minimum atomic E-state index is 1.15. The van der Waals surface area contributed by atoms with Crippen LogP contribution in [0.3, 0.4) is 0 Å². The number of benzene rings is 8. The Labute approximate surface area is 290 Å². The van der Waals surface area contributed by atoms with E-state index in [0.29, 0.717) is 0 Å². The Balaban J connectivity index is 1.16. The Morgan fingerprint density at radius 1 is 0.260 bits per heavy atom. The predicted molar refractivity (Wildman–Crippen MR) is 211 cm³/mol. The van der Waals surface area contributed by atoms with Gasteiger partial charge in [0.25, 0.3) is 0 Å². The van der Waals surface area contributed by atoms with Crippen molar-refractivity contribution in [3.8, 4) is 44.8 Å². The lowest BCUT2D eigenvalue weighted by Crippen LogP contribution is -1.97. The van der Waals surface area contributed by atoms with Gasteiger partial charge in [-0.25, -0.2) is 0 Å². The Bertz CT molecular complexity index is 2820. The number of fused-ring (bicyclic) bond motifs is 7. The summed E-state index contributed by atoms with van der Waals surface area (Å²) in [6.07, 6.45) is 0. The van der Waals surface area contributed by atoms with Gasteiger partial charge in [0.05, 0.1) is 27.8 Å². The standard InChI is InChI=1S/C48H32N2/c1-3-13-33(14-4-1)34-23-25-35(26-24-34)36-27-29-38(30-28-36)49-43-21-11-8-18-40(43)47-45(49)31-32-46-48(47)41-19-9-12-22-44(41)50(46)42-20-10-7-17-39(42)37-15-5-2-6-16-37/h1-32H. The van der Waals surface area contributed by atoms with E-state index in [9.17, 15) is 0 Å². The number of nitrogens with zero attached hydrogens (tertiary/aromatic N) is 2. The Hall–Kier alpha value is -6.64. The summed E-state index contributed by atoms with van der Waals surface area (Å²) in [6.45, 7) is 0. The van der Waals surface area contributed by atoms with Gasteiger partial charge in [0.2, 0.25) is 0 Å². The topological polar surface area (TPSA) is 9.86 Å². The van der Waals surface area contributed by atoms with Gasteiger partial charge in [0.15, 0.2) is 0 Å². The lowest BCUT2D eigenvalue weighted by Gasteiger charge is -2.14. The van der Waals surface area contributed by atoms with E-state index in [1.54, 1.807) is 0 Å². The molecule has 10 aromatic rings. The number of rotatable bonds is 5. The van der Waals surface area contributed by atoms with Crippen LogP contribution in [0.5, 0.6) is 0 Å². The second-order valence-electron chi connectivity index (χ2n) is 12.9. The van der Waals surface area contributed by atoms with E-state index in [1.165, 1.54) is 82.7 Å². The van der Waals surface area contributed by atoms with Crippen molar-refractivity contribution in [3.63, 3.8) is 0 Å². The van der Waals surface area contributed by atoms with Crippen LogP contribution in [-0.2, 0) is 0 Å². The first kappa shape index (κ1) is 28.4. The molecule has 0 unspecified atom stereocenters. The fourth-order valence-electron chi connectivity index (χ4n) is 7.88. The molecule has 2 aromatic heterocycles. The van der Waals surface area contributed by atoms with Crippen molar-refractivity contribution in [1.29, 1.82) is 0 Å². The van der Waals surface area contributed by atoms with Crippen molar-refractivity contribution >= 4 is 43.6 Å². The molecule has 0 saturated carbocycles. The number of hydrogen-bond donors (Lipinski definition) is 0. The van der Waals surface area contributed by atoms with Crippen LogP contribution >= 0.6 is 0 Å². The molecule has 0 spiro atoms. The summed E-state index contributed by atoms with van der Waals surface area (Å²) in [5.74, 6) is 0. The molecule has 2 heterocycles. The van der Waals surface area contributed by atoms with Crippen LogP contribution in [0.1, 0.15) is 0 Å². The van der Waals surface area contributed by atoms with Gasteiger partial charge in [-0.05, 0) is 70.3 Å². The molecule has 2 heteroatoms. The zero-order valence-electron chi connectivity index (χ0n) is 27.4. The Kier molecular flexibility index (Phi) is 6.53. The van der Waals surface area contributed by atoms with Crippen LogP contribution in [-0.4, -0.2) is 9.13 Å².